The number of aryl methyl sites for hydroxylation is 2. The predicted molar refractivity (Wildman–Crippen MR) is 323 cm³/mol. The first-order chi connectivity index (χ1) is 37.5. The van der Waals surface area contributed by atoms with Crippen LogP contribution in [0.5, 0.6) is 0 Å². The Morgan fingerprint density at radius 2 is 0.395 bits per heavy atom. The van der Waals surface area contributed by atoms with Crippen LogP contribution in [0, 0.1) is 13.8 Å². The van der Waals surface area contributed by atoms with E-state index in [4.69, 9.17) is 0 Å². The Morgan fingerprint density at radius 1 is 0.171 bits per heavy atom. The second-order valence-electron chi connectivity index (χ2n) is 19.5. The van der Waals surface area contributed by atoms with E-state index in [1.807, 2.05) is 0 Å². The lowest BCUT2D eigenvalue weighted by atomic mass is 9.94. The molecule has 2 nitrogen and oxygen atoms in total. The number of anilines is 6. The van der Waals surface area contributed by atoms with Gasteiger partial charge in [-0.25, -0.2) is 0 Å². The molecule has 0 radical (unpaired) electrons. The molecule has 76 heavy (non-hydrogen) atoms. The summed E-state index contributed by atoms with van der Waals surface area (Å²) in [5.41, 5.74) is 26.0. The number of rotatable bonds is 13. The Bertz CT molecular complexity index is 3770. The molecule has 0 heterocycles. The van der Waals surface area contributed by atoms with Crippen LogP contribution in [0.3, 0.4) is 0 Å². The number of hydrogen-bond acceptors (Lipinski definition) is 2. The molecule has 12 rings (SSSR count). The molecule has 0 unspecified atom stereocenters. The van der Waals surface area contributed by atoms with Crippen molar-refractivity contribution in [3.63, 3.8) is 0 Å². The van der Waals surface area contributed by atoms with Gasteiger partial charge in [0.15, 0.2) is 0 Å². The summed E-state index contributed by atoms with van der Waals surface area (Å²) < 4.78 is 0. The van der Waals surface area contributed by atoms with Crippen molar-refractivity contribution in [1.82, 2.24) is 0 Å². The van der Waals surface area contributed by atoms with Crippen molar-refractivity contribution in [3.05, 3.63) is 314 Å². The fourth-order valence-corrected chi connectivity index (χ4v) is 10.5. The van der Waals surface area contributed by atoms with Gasteiger partial charge in [-0.1, -0.05) is 231 Å². The van der Waals surface area contributed by atoms with Gasteiger partial charge >= 0.3 is 0 Å². The van der Waals surface area contributed by atoms with E-state index < -0.39 is 0 Å². The summed E-state index contributed by atoms with van der Waals surface area (Å²) in [5, 5.41) is 0. The Labute approximate surface area is 447 Å². The van der Waals surface area contributed by atoms with Gasteiger partial charge in [-0.05, 0) is 176 Å². The van der Waals surface area contributed by atoms with Crippen molar-refractivity contribution in [2.45, 2.75) is 13.8 Å². The number of nitrogens with zero attached hydrogens (tertiary/aromatic N) is 2. The van der Waals surface area contributed by atoms with E-state index >= 15 is 0 Å². The number of benzene rings is 12. The van der Waals surface area contributed by atoms with Crippen molar-refractivity contribution < 1.29 is 0 Å². The number of hydrogen-bond donors (Lipinski definition) is 0. The summed E-state index contributed by atoms with van der Waals surface area (Å²) in [7, 11) is 0. The predicted octanol–water partition coefficient (Wildman–Crippen LogP) is 20.9. The molecule has 2 heteroatoms. The molecule has 0 spiro atoms. The highest BCUT2D eigenvalue weighted by atomic mass is 15.1. The van der Waals surface area contributed by atoms with Crippen LogP contribution in [0.2, 0.25) is 0 Å². The van der Waals surface area contributed by atoms with Crippen molar-refractivity contribution >= 4 is 34.1 Å². The van der Waals surface area contributed by atoms with Crippen LogP contribution in [0.25, 0.3) is 77.9 Å². The molecule has 0 aromatic heterocycles. The quantitative estimate of drug-likeness (QED) is 0.114. The van der Waals surface area contributed by atoms with Crippen molar-refractivity contribution in [1.29, 1.82) is 0 Å². The zero-order chi connectivity index (χ0) is 51.2. The Kier molecular flexibility index (Phi) is 13.3. The van der Waals surface area contributed by atoms with Crippen molar-refractivity contribution in [2.75, 3.05) is 9.80 Å². The maximum atomic E-state index is 2.34. The first-order valence-corrected chi connectivity index (χ1v) is 26.1. The molecular formula is C74H56N2. The van der Waals surface area contributed by atoms with Crippen LogP contribution in [-0.4, -0.2) is 0 Å². The normalized spacial score (nSPS) is 11.0. The maximum Gasteiger partial charge on any atom is 0.0462 e. The lowest BCUT2D eigenvalue weighted by Gasteiger charge is -2.26. The molecule has 0 fully saturated rings. The largest absolute Gasteiger partial charge is 0.311 e. The van der Waals surface area contributed by atoms with Gasteiger partial charge in [-0.2, -0.15) is 0 Å². The second kappa shape index (κ2) is 21.4. The topological polar surface area (TPSA) is 6.48 Å². The summed E-state index contributed by atoms with van der Waals surface area (Å²) in [5.74, 6) is 0. The highest BCUT2D eigenvalue weighted by Crippen LogP contribution is 2.41. The second-order valence-corrected chi connectivity index (χ2v) is 19.5. The van der Waals surface area contributed by atoms with Crippen LogP contribution in [0.1, 0.15) is 11.1 Å². The molecule has 0 aliphatic rings. The maximum absolute atomic E-state index is 2.34. The molecule has 0 saturated heterocycles. The van der Waals surface area contributed by atoms with E-state index in [0.29, 0.717) is 0 Å². The summed E-state index contributed by atoms with van der Waals surface area (Å²) in [4.78, 5) is 4.68. The average Bonchev–Trinajstić information content (AvgIpc) is 3.51. The van der Waals surface area contributed by atoms with Crippen LogP contribution in [-0.2, 0) is 0 Å². The van der Waals surface area contributed by atoms with Crippen LogP contribution < -0.4 is 9.80 Å². The fraction of sp³-hybridized carbons (Fsp3) is 0.0270. The minimum atomic E-state index is 1.10. The standard InChI is InChI=1S/C74H56N2/c1-53-14-12-13-21-73(53)65-36-49-72(50-37-65)76(69-43-30-61(31-44-69)57-19-10-5-11-20-57)70-45-32-62(33-46-70)58-22-24-64(25-23-58)74-51-38-66(52-54(74)2)63-34-47-71(48-35-63)75(67-39-26-59(27-40-67)55-15-6-3-7-16-55)68-41-28-60(29-42-68)56-17-8-4-9-18-56/h3-52H,1-2H3. The van der Waals surface area contributed by atoms with Crippen LogP contribution in [0.4, 0.5) is 34.1 Å². The van der Waals surface area contributed by atoms with Gasteiger partial charge in [0.1, 0.15) is 0 Å². The van der Waals surface area contributed by atoms with Gasteiger partial charge in [-0.15, -0.1) is 0 Å². The summed E-state index contributed by atoms with van der Waals surface area (Å²) in [6.45, 7) is 4.39. The van der Waals surface area contributed by atoms with Crippen LogP contribution >= 0.6 is 0 Å². The van der Waals surface area contributed by atoms with Gasteiger partial charge in [0, 0.05) is 34.1 Å². The van der Waals surface area contributed by atoms with E-state index in [1.165, 1.54) is 89.0 Å². The molecule has 0 amide bonds. The van der Waals surface area contributed by atoms with Gasteiger partial charge < -0.3 is 9.80 Å². The molecule has 0 N–H and O–H groups in total. The monoisotopic (exact) mass is 972 g/mol. The van der Waals surface area contributed by atoms with E-state index in [9.17, 15) is 0 Å². The smallest absolute Gasteiger partial charge is 0.0462 e. The highest BCUT2D eigenvalue weighted by molar-refractivity contribution is 5.84. The van der Waals surface area contributed by atoms with E-state index in [1.54, 1.807) is 0 Å². The molecular weight excluding hydrogens is 917 g/mol. The molecule has 0 saturated carbocycles. The molecule has 0 atom stereocenters. The zero-order valence-electron chi connectivity index (χ0n) is 42.8. The first kappa shape index (κ1) is 47.3. The summed E-state index contributed by atoms with van der Waals surface area (Å²) >= 11 is 0. The Morgan fingerprint density at radius 3 is 0.711 bits per heavy atom. The summed E-state index contributed by atoms with van der Waals surface area (Å²) in [6.07, 6.45) is 0. The average molecular weight is 973 g/mol. The van der Waals surface area contributed by atoms with E-state index in [0.717, 1.165) is 34.1 Å². The molecule has 0 aliphatic heterocycles. The van der Waals surface area contributed by atoms with Gasteiger partial charge in [0.25, 0.3) is 0 Å². The lowest BCUT2D eigenvalue weighted by Crippen LogP contribution is -2.09. The molecule has 12 aromatic carbocycles. The highest BCUT2D eigenvalue weighted by Gasteiger charge is 2.17. The minimum Gasteiger partial charge on any atom is -0.311 e. The van der Waals surface area contributed by atoms with Gasteiger partial charge in [0.2, 0.25) is 0 Å². The molecule has 362 valence electrons. The lowest BCUT2D eigenvalue weighted by molar-refractivity contribution is 1.28. The van der Waals surface area contributed by atoms with E-state index in [-0.39, 0.29) is 0 Å². The third-order valence-corrected chi connectivity index (χ3v) is 14.6. The Hall–Kier alpha value is -9.76. The Balaban J connectivity index is 0.780. The minimum absolute atomic E-state index is 1.10. The van der Waals surface area contributed by atoms with Crippen LogP contribution in [0.15, 0.2) is 303 Å². The van der Waals surface area contributed by atoms with Crippen molar-refractivity contribution in [2.24, 2.45) is 0 Å². The summed E-state index contributed by atoms with van der Waals surface area (Å²) in [6, 6.07) is 110. The van der Waals surface area contributed by atoms with E-state index in [2.05, 4.69) is 327 Å². The molecule has 0 bridgehead atoms. The third kappa shape index (κ3) is 10.0. The first-order valence-electron chi connectivity index (χ1n) is 26.1. The zero-order valence-corrected chi connectivity index (χ0v) is 42.8. The fourth-order valence-electron chi connectivity index (χ4n) is 10.5. The SMILES string of the molecule is Cc1ccccc1-c1ccc(N(c2ccc(-c3ccccc3)cc2)c2ccc(-c3ccc(-c4ccc(-c5ccc(N(c6ccc(-c7ccccc7)cc6)c6ccc(-c7ccccc7)cc6)cc5)cc4C)cc3)cc2)cc1. The molecule has 0 aliphatic carbocycles. The molecule has 12 aromatic rings. The third-order valence-electron chi connectivity index (χ3n) is 14.6. The van der Waals surface area contributed by atoms with Crippen molar-refractivity contribution in [3.8, 4) is 77.9 Å². The van der Waals surface area contributed by atoms with Gasteiger partial charge in [0.05, 0.1) is 0 Å². The van der Waals surface area contributed by atoms with Gasteiger partial charge in [-0.3, -0.25) is 0 Å².